The van der Waals surface area contributed by atoms with Crippen molar-refractivity contribution in [1.82, 2.24) is 0 Å². The molecule has 0 aromatic heterocycles. The van der Waals surface area contributed by atoms with E-state index >= 15 is 0 Å². The van der Waals surface area contributed by atoms with Crippen LogP contribution in [-0.2, 0) is 14.2 Å². The van der Waals surface area contributed by atoms with E-state index < -0.39 is 0 Å². The Balaban J connectivity index is 1.46. The highest BCUT2D eigenvalue weighted by Crippen LogP contribution is 2.19. The highest BCUT2D eigenvalue weighted by Gasteiger charge is 1.95. The Labute approximate surface area is 173 Å². The van der Waals surface area contributed by atoms with Crippen molar-refractivity contribution in [2.75, 3.05) is 58.0 Å². The van der Waals surface area contributed by atoms with E-state index in [9.17, 15) is 0 Å². The van der Waals surface area contributed by atoms with Gasteiger partial charge < -0.3 is 25.3 Å². The second-order valence-electron chi connectivity index (χ2n) is 6.34. The van der Waals surface area contributed by atoms with Crippen LogP contribution < -0.4 is 11.1 Å². The van der Waals surface area contributed by atoms with E-state index in [0.29, 0.717) is 46.2 Å². The van der Waals surface area contributed by atoms with Crippen molar-refractivity contribution in [2.24, 2.45) is 16.0 Å². The third-order valence-electron chi connectivity index (χ3n) is 3.94. The molecule has 7 heteroatoms. The number of anilines is 1. The minimum Gasteiger partial charge on any atom is -0.385 e. The Morgan fingerprint density at radius 1 is 0.655 bits per heavy atom. The third kappa shape index (κ3) is 11.3. The largest absolute Gasteiger partial charge is 0.385 e. The zero-order valence-corrected chi connectivity index (χ0v) is 17.0. The van der Waals surface area contributed by atoms with Crippen LogP contribution in [0.2, 0.25) is 0 Å². The molecule has 0 fully saturated rings. The van der Waals surface area contributed by atoms with Crippen LogP contribution in [0.5, 0.6) is 0 Å². The standard InChI is InChI=1S/C22H32N4O3/c23-12-4-14-27-16-18-29-19-17-28-15-5-13-24-20-8-10-22(11-9-20)26-25-21-6-2-1-3-7-21/h1-3,6-11,24H,4-5,12-19,23H2. The summed E-state index contributed by atoms with van der Waals surface area (Å²) in [6, 6.07) is 17.6. The number of hydrogen-bond donors (Lipinski definition) is 2. The predicted octanol–water partition coefficient (Wildman–Crippen LogP) is 4.30. The Morgan fingerprint density at radius 2 is 1.21 bits per heavy atom. The smallest absolute Gasteiger partial charge is 0.0858 e. The van der Waals surface area contributed by atoms with Crippen molar-refractivity contribution >= 4 is 17.1 Å². The molecule has 2 rings (SSSR count). The van der Waals surface area contributed by atoms with Crippen molar-refractivity contribution in [3.05, 3.63) is 54.6 Å². The molecule has 0 heterocycles. The lowest BCUT2D eigenvalue weighted by atomic mass is 10.3. The quantitative estimate of drug-likeness (QED) is 0.324. The summed E-state index contributed by atoms with van der Waals surface area (Å²) in [5.41, 5.74) is 8.11. The highest BCUT2D eigenvalue weighted by atomic mass is 16.5. The molecule has 158 valence electrons. The van der Waals surface area contributed by atoms with Crippen molar-refractivity contribution < 1.29 is 14.2 Å². The summed E-state index contributed by atoms with van der Waals surface area (Å²) in [7, 11) is 0. The fraction of sp³-hybridized carbons (Fsp3) is 0.455. The van der Waals surface area contributed by atoms with Crippen molar-refractivity contribution in [3.63, 3.8) is 0 Å². The van der Waals surface area contributed by atoms with Crippen LogP contribution in [0.4, 0.5) is 17.1 Å². The summed E-state index contributed by atoms with van der Waals surface area (Å²) in [6.07, 6.45) is 1.82. The number of hydrogen-bond acceptors (Lipinski definition) is 7. The van der Waals surface area contributed by atoms with Gasteiger partial charge in [0.2, 0.25) is 0 Å². The van der Waals surface area contributed by atoms with E-state index in [2.05, 4.69) is 15.5 Å². The molecular formula is C22H32N4O3. The molecule has 0 radical (unpaired) electrons. The molecule has 3 N–H and O–H groups in total. The van der Waals surface area contributed by atoms with Gasteiger partial charge in [0.15, 0.2) is 0 Å². The number of rotatable bonds is 16. The molecule has 0 amide bonds. The van der Waals surface area contributed by atoms with Gasteiger partial charge >= 0.3 is 0 Å². The molecule has 0 bridgehead atoms. The van der Waals surface area contributed by atoms with Crippen LogP contribution in [0.3, 0.4) is 0 Å². The number of nitrogens with one attached hydrogen (secondary N) is 1. The molecule has 0 saturated heterocycles. The summed E-state index contributed by atoms with van der Waals surface area (Å²) in [4.78, 5) is 0. The van der Waals surface area contributed by atoms with Crippen molar-refractivity contribution in [2.45, 2.75) is 12.8 Å². The molecule has 0 aliphatic heterocycles. The Bertz CT molecular complexity index is 666. The normalized spacial score (nSPS) is 11.2. The van der Waals surface area contributed by atoms with Gasteiger partial charge in [-0.1, -0.05) is 18.2 Å². The van der Waals surface area contributed by atoms with Crippen molar-refractivity contribution in [1.29, 1.82) is 0 Å². The van der Waals surface area contributed by atoms with Crippen molar-refractivity contribution in [3.8, 4) is 0 Å². The van der Waals surface area contributed by atoms with Crippen LogP contribution in [-0.4, -0.2) is 52.7 Å². The van der Waals surface area contributed by atoms with Gasteiger partial charge in [0.1, 0.15) is 0 Å². The number of ether oxygens (including phenoxy) is 3. The SMILES string of the molecule is NCCCOCCOCCOCCCNc1ccc(N=Nc2ccccc2)cc1. The zero-order valence-electron chi connectivity index (χ0n) is 17.0. The number of benzene rings is 2. The minimum atomic E-state index is 0.590. The molecule has 0 saturated carbocycles. The van der Waals surface area contributed by atoms with Gasteiger partial charge in [0.05, 0.1) is 37.8 Å². The molecule has 0 aliphatic rings. The van der Waals surface area contributed by atoms with E-state index in [-0.39, 0.29) is 0 Å². The van der Waals surface area contributed by atoms with Crippen LogP contribution in [0, 0.1) is 0 Å². The van der Waals surface area contributed by atoms with Gasteiger partial charge in [0, 0.05) is 25.4 Å². The van der Waals surface area contributed by atoms with Gasteiger partial charge in [-0.15, -0.1) is 0 Å². The predicted molar refractivity (Wildman–Crippen MR) is 116 cm³/mol. The molecule has 2 aromatic rings. The van der Waals surface area contributed by atoms with Gasteiger partial charge in [0.25, 0.3) is 0 Å². The molecule has 7 nitrogen and oxygen atoms in total. The summed E-state index contributed by atoms with van der Waals surface area (Å²) in [6.45, 7) is 5.30. The Kier molecular flexibility index (Phi) is 12.3. The van der Waals surface area contributed by atoms with E-state index in [4.69, 9.17) is 19.9 Å². The second-order valence-corrected chi connectivity index (χ2v) is 6.34. The Morgan fingerprint density at radius 3 is 1.83 bits per heavy atom. The maximum atomic E-state index is 5.56. The summed E-state index contributed by atoms with van der Waals surface area (Å²) in [5, 5.41) is 11.8. The molecule has 2 aromatic carbocycles. The first-order valence-electron chi connectivity index (χ1n) is 10.1. The minimum absolute atomic E-state index is 0.590. The first-order valence-corrected chi connectivity index (χ1v) is 10.1. The summed E-state index contributed by atoms with van der Waals surface area (Å²) in [5.74, 6) is 0. The van der Waals surface area contributed by atoms with Gasteiger partial charge in [-0.2, -0.15) is 10.2 Å². The Hall–Kier alpha value is -2.32. The number of nitrogens with zero attached hydrogens (tertiary/aromatic N) is 2. The van der Waals surface area contributed by atoms with Crippen LogP contribution in [0.25, 0.3) is 0 Å². The third-order valence-corrected chi connectivity index (χ3v) is 3.94. The van der Waals surface area contributed by atoms with Crippen LogP contribution in [0.15, 0.2) is 64.8 Å². The first-order chi connectivity index (χ1) is 14.4. The summed E-state index contributed by atoms with van der Waals surface area (Å²) >= 11 is 0. The van der Waals surface area contributed by atoms with Crippen LogP contribution >= 0.6 is 0 Å². The topological polar surface area (TPSA) is 90.5 Å². The monoisotopic (exact) mass is 400 g/mol. The molecule has 29 heavy (non-hydrogen) atoms. The van der Waals surface area contributed by atoms with E-state index in [1.807, 2.05) is 54.6 Å². The average molecular weight is 401 g/mol. The van der Waals surface area contributed by atoms with E-state index in [1.54, 1.807) is 0 Å². The van der Waals surface area contributed by atoms with Gasteiger partial charge in [-0.25, -0.2) is 0 Å². The molecular weight excluding hydrogens is 368 g/mol. The lowest BCUT2D eigenvalue weighted by Crippen LogP contribution is -2.12. The lowest BCUT2D eigenvalue weighted by molar-refractivity contribution is 0.0144. The molecule has 0 unspecified atom stereocenters. The highest BCUT2D eigenvalue weighted by molar-refractivity contribution is 5.51. The number of nitrogens with two attached hydrogens (primary N) is 1. The van der Waals surface area contributed by atoms with Gasteiger partial charge in [-0.3, -0.25) is 0 Å². The number of azo groups is 1. The van der Waals surface area contributed by atoms with Gasteiger partial charge in [-0.05, 0) is 55.8 Å². The fourth-order valence-corrected chi connectivity index (χ4v) is 2.39. The second kappa shape index (κ2) is 15.6. The molecule has 0 aliphatic carbocycles. The first kappa shape index (κ1) is 23.0. The molecule has 0 atom stereocenters. The maximum Gasteiger partial charge on any atom is 0.0858 e. The fourth-order valence-electron chi connectivity index (χ4n) is 2.39. The van der Waals surface area contributed by atoms with E-state index in [1.165, 1.54) is 0 Å². The van der Waals surface area contributed by atoms with E-state index in [0.717, 1.165) is 36.4 Å². The average Bonchev–Trinajstić information content (AvgIpc) is 2.77. The maximum absolute atomic E-state index is 5.56. The molecule has 0 spiro atoms. The summed E-state index contributed by atoms with van der Waals surface area (Å²) < 4.78 is 16.3. The zero-order chi connectivity index (χ0) is 20.4. The van der Waals surface area contributed by atoms with Crippen LogP contribution in [0.1, 0.15) is 12.8 Å². The lowest BCUT2D eigenvalue weighted by Gasteiger charge is -2.08.